The van der Waals surface area contributed by atoms with Crippen molar-refractivity contribution in [3.63, 3.8) is 0 Å². The molecule has 1 aromatic carbocycles. The van der Waals surface area contributed by atoms with Gasteiger partial charge < -0.3 is 0 Å². The fourth-order valence-electron chi connectivity index (χ4n) is 0.890. The standard InChI is InChI=1S/C8H8Br2O2S/c9-8(10)6-13(11,12)7-4-2-1-3-5-7/h1-5,8H,6H2. The predicted octanol–water partition coefficient (Wildman–Crippen LogP) is 2.58. The minimum absolute atomic E-state index is 0.0526. The average Bonchev–Trinajstić information content (AvgIpc) is 2.04. The van der Waals surface area contributed by atoms with Gasteiger partial charge in [0, 0.05) is 0 Å². The summed E-state index contributed by atoms with van der Waals surface area (Å²) in [5.41, 5.74) is 0. The zero-order valence-corrected chi connectivity index (χ0v) is 10.6. The quantitative estimate of drug-likeness (QED) is 0.800. The van der Waals surface area contributed by atoms with Gasteiger partial charge in [0.1, 0.15) is 0 Å². The predicted molar refractivity (Wildman–Crippen MR) is 60.1 cm³/mol. The molecule has 0 fully saturated rings. The number of alkyl halides is 2. The van der Waals surface area contributed by atoms with Gasteiger partial charge in [-0.25, -0.2) is 8.42 Å². The number of sulfone groups is 1. The summed E-state index contributed by atoms with van der Waals surface area (Å²) in [5.74, 6) is 0.0526. The Morgan fingerprint density at radius 1 is 1.15 bits per heavy atom. The summed E-state index contributed by atoms with van der Waals surface area (Å²) in [5, 5.41) is 0. The van der Waals surface area contributed by atoms with Crippen LogP contribution in [0.25, 0.3) is 0 Å². The molecular formula is C8H8Br2O2S. The van der Waals surface area contributed by atoms with Gasteiger partial charge in [0.25, 0.3) is 0 Å². The lowest BCUT2D eigenvalue weighted by atomic mass is 10.4. The van der Waals surface area contributed by atoms with Crippen molar-refractivity contribution in [3.8, 4) is 0 Å². The molecule has 1 aromatic rings. The first-order valence-electron chi connectivity index (χ1n) is 3.58. The fraction of sp³-hybridized carbons (Fsp3) is 0.250. The van der Waals surface area contributed by atoms with Crippen molar-refractivity contribution >= 4 is 41.7 Å². The molecule has 0 saturated heterocycles. The topological polar surface area (TPSA) is 34.1 Å². The SMILES string of the molecule is O=S(=O)(CC(Br)Br)c1ccccc1. The highest BCUT2D eigenvalue weighted by Crippen LogP contribution is 2.17. The molecule has 0 aromatic heterocycles. The Bertz CT molecular complexity index is 359. The van der Waals surface area contributed by atoms with Crippen LogP contribution in [0.5, 0.6) is 0 Å². The second-order valence-electron chi connectivity index (χ2n) is 2.49. The van der Waals surface area contributed by atoms with E-state index in [2.05, 4.69) is 31.9 Å². The smallest absolute Gasteiger partial charge is 0.180 e. The van der Waals surface area contributed by atoms with Gasteiger partial charge >= 0.3 is 0 Å². The Labute approximate surface area is 94.5 Å². The lowest BCUT2D eigenvalue weighted by Crippen LogP contribution is -2.11. The van der Waals surface area contributed by atoms with Crippen LogP contribution >= 0.6 is 31.9 Å². The number of halogens is 2. The maximum atomic E-state index is 11.6. The van der Waals surface area contributed by atoms with Gasteiger partial charge in [-0.05, 0) is 12.1 Å². The molecule has 0 atom stereocenters. The summed E-state index contributed by atoms with van der Waals surface area (Å²) >= 11 is 6.29. The van der Waals surface area contributed by atoms with Crippen molar-refractivity contribution in [3.05, 3.63) is 30.3 Å². The molecule has 0 spiro atoms. The van der Waals surface area contributed by atoms with Crippen LogP contribution in [-0.4, -0.2) is 17.9 Å². The molecule has 0 bridgehead atoms. The highest BCUT2D eigenvalue weighted by atomic mass is 79.9. The molecule has 72 valence electrons. The summed E-state index contributed by atoms with van der Waals surface area (Å²) in [7, 11) is -3.15. The molecule has 0 unspecified atom stereocenters. The maximum Gasteiger partial charge on any atom is 0.180 e. The number of hydrogen-bond donors (Lipinski definition) is 0. The van der Waals surface area contributed by atoms with E-state index in [0.29, 0.717) is 4.90 Å². The van der Waals surface area contributed by atoms with E-state index >= 15 is 0 Å². The van der Waals surface area contributed by atoms with Crippen molar-refractivity contribution in [2.24, 2.45) is 0 Å². The molecule has 5 heteroatoms. The molecule has 0 heterocycles. The Hall–Kier alpha value is 0.130. The van der Waals surface area contributed by atoms with Gasteiger partial charge in [-0.2, -0.15) is 0 Å². The highest BCUT2D eigenvalue weighted by molar-refractivity contribution is 9.24. The van der Waals surface area contributed by atoms with Gasteiger partial charge in [0.15, 0.2) is 9.84 Å². The van der Waals surface area contributed by atoms with Crippen LogP contribution in [0.4, 0.5) is 0 Å². The van der Waals surface area contributed by atoms with Gasteiger partial charge in [-0.1, -0.05) is 50.1 Å². The Balaban J connectivity index is 2.96. The summed E-state index contributed by atoms with van der Waals surface area (Å²) in [6.07, 6.45) is 0. The number of rotatable bonds is 3. The summed E-state index contributed by atoms with van der Waals surface area (Å²) in [6.45, 7) is 0. The lowest BCUT2D eigenvalue weighted by Gasteiger charge is -2.03. The van der Waals surface area contributed by atoms with Crippen LogP contribution < -0.4 is 0 Å². The molecule has 0 aliphatic rings. The largest absolute Gasteiger partial charge is 0.224 e. The molecule has 0 amide bonds. The molecule has 2 nitrogen and oxygen atoms in total. The van der Waals surface area contributed by atoms with E-state index in [0.717, 1.165) is 0 Å². The van der Waals surface area contributed by atoms with E-state index in [4.69, 9.17) is 0 Å². The first kappa shape index (κ1) is 11.2. The van der Waals surface area contributed by atoms with E-state index in [9.17, 15) is 8.42 Å². The van der Waals surface area contributed by atoms with Gasteiger partial charge in [0.05, 0.1) is 14.4 Å². The third-order valence-corrected chi connectivity index (χ3v) is 4.71. The monoisotopic (exact) mass is 326 g/mol. The third-order valence-electron chi connectivity index (χ3n) is 1.45. The van der Waals surface area contributed by atoms with E-state index in [1.54, 1.807) is 30.3 Å². The Kier molecular flexibility index (Phi) is 3.94. The minimum Gasteiger partial charge on any atom is -0.224 e. The second kappa shape index (κ2) is 4.57. The summed E-state index contributed by atoms with van der Waals surface area (Å²) < 4.78 is 23.0. The lowest BCUT2D eigenvalue weighted by molar-refractivity contribution is 0.597. The average molecular weight is 328 g/mol. The molecule has 1 rings (SSSR count). The van der Waals surface area contributed by atoms with Gasteiger partial charge in [0.2, 0.25) is 0 Å². The van der Waals surface area contributed by atoms with Crippen LogP contribution in [0.3, 0.4) is 0 Å². The zero-order valence-electron chi connectivity index (χ0n) is 6.65. The van der Waals surface area contributed by atoms with E-state index < -0.39 is 9.84 Å². The summed E-state index contributed by atoms with van der Waals surface area (Å²) in [6, 6.07) is 8.41. The van der Waals surface area contributed by atoms with Crippen LogP contribution in [-0.2, 0) is 9.84 Å². The Morgan fingerprint density at radius 3 is 2.15 bits per heavy atom. The normalized spacial score (nSPS) is 11.9. The molecule has 13 heavy (non-hydrogen) atoms. The number of benzene rings is 1. The molecule has 0 aliphatic heterocycles. The maximum absolute atomic E-state index is 11.6. The zero-order chi connectivity index (χ0) is 9.90. The third kappa shape index (κ3) is 3.40. The van der Waals surface area contributed by atoms with E-state index in [1.807, 2.05) is 0 Å². The van der Waals surface area contributed by atoms with Crippen LogP contribution in [0.2, 0.25) is 0 Å². The molecule has 0 N–H and O–H groups in total. The first-order valence-corrected chi connectivity index (χ1v) is 7.07. The van der Waals surface area contributed by atoms with Crippen molar-refractivity contribution < 1.29 is 8.42 Å². The minimum atomic E-state index is -3.15. The fourth-order valence-corrected chi connectivity index (χ4v) is 4.07. The van der Waals surface area contributed by atoms with E-state index in [-0.39, 0.29) is 9.49 Å². The molecule has 0 saturated carbocycles. The summed E-state index contributed by atoms with van der Waals surface area (Å²) in [4.78, 5) is 0.360. The van der Waals surface area contributed by atoms with Crippen molar-refractivity contribution in [2.45, 2.75) is 8.63 Å². The molecule has 0 radical (unpaired) electrons. The second-order valence-corrected chi connectivity index (χ2v) is 7.96. The van der Waals surface area contributed by atoms with Gasteiger partial charge in [-0.15, -0.1) is 0 Å². The van der Waals surface area contributed by atoms with Crippen molar-refractivity contribution in [2.75, 3.05) is 5.75 Å². The van der Waals surface area contributed by atoms with Crippen LogP contribution in [0.15, 0.2) is 35.2 Å². The van der Waals surface area contributed by atoms with Crippen LogP contribution in [0.1, 0.15) is 0 Å². The van der Waals surface area contributed by atoms with Crippen molar-refractivity contribution in [1.29, 1.82) is 0 Å². The highest BCUT2D eigenvalue weighted by Gasteiger charge is 2.16. The first-order chi connectivity index (χ1) is 6.02. The van der Waals surface area contributed by atoms with Crippen LogP contribution in [0, 0.1) is 0 Å². The molecular weight excluding hydrogens is 320 g/mol. The molecule has 0 aliphatic carbocycles. The Morgan fingerprint density at radius 2 is 1.69 bits per heavy atom. The van der Waals surface area contributed by atoms with E-state index in [1.165, 1.54) is 0 Å². The van der Waals surface area contributed by atoms with Gasteiger partial charge in [-0.3, -0.25) is 0 Å². The number of hydrogen-bond acceptors (Lipinski definition) is 2. The van der Waals surface area contributed by atoms with Crippen molar-refractivity contribution in [1.82, 2.24) is 0 Å².